The molecule has 1 aliphatic rings. The number of anilines is 1. The van der Waals surface area contributed by atoms with Crippen molar-refractivity contribution in [1.29, 1.82) is 0 Å². The number of hydrogen-bond donors (Lipinski definition) is 0. The van der Waals surface area contributed by atoms with E-state index in [1.807, 2.05) is 0 Å². The fraction of sp³-hybridized carbons (Fsp3) is 0.0667. The molecule has 3 rings (SSSR count). The summed E-state index contributed by atoms with van der Waals surface area (Å²) in [5.74, 6) is -1.84. The molecule has 5 nitrogen and oxygen atoms in total. The van der Waals surface area contributed by atoms with Crippen molar-refractivity contribution in [2.45, 2.75) is 11.8 Å². The zero-order chi connectivity index (χ0) is 15.2. The van der Waals surface area contributed by atoms with E-state index < -0.39 is 21.7 Å². The van der Waals surface area contributed by atoms with Crippen molar-refractivity contribution in [3.8, 4) is 0 Å². The first-order valence-corrected chi connectivity index (χ1v) is 7.66. The number of benzene rings is 2. The summed E-state index contributed by atoms with van der Waals surface area (Å²) >= 11 is 0. The smallest absolute Gasteiger partial charge is 0.283 e. The summed E-state index contributed by atoms with van der Waals surface area (Å²) < 4.78 is 25.8. The molecular formula is C15H11NO4S. The Kier molecular flexibility index (Phi) is 2.91. The average Bonchev–Trinajstić information content (AvgIpc) is 2.72. The van der Waals surface area contributed by atoms with Gasteiger partial charge in [0.05, 0.1) is 16.1 Å². The van der Waals surface area contributed by atoms with E-state index in [2.05, 4.69) is 0 Å². The Balaban J connectivity index is 2.21. The molecule has 0 unspecified atom stereocenters. The van der Waals surface area contributed by atoms with Gasteiger partial charge in [0.2, 0.25) is 0 Å². The molecule has 21 heavy (non-hydrogen) atoms. The number of aryl methyl sites for hydroxylation is 1. The molecule has 6 heteroatoms. The first kappa shape index (κ1) is 13.5. The second kappa shape index (κ2) is 4.53. The number of amides is 1. The van der Waals surface area contributed by atoms with Gasteiger partial charge >= 0.3 is 5.91 Å². The highest BCUT2D eigenvalue weighted by Gasteiger charge is 2.43. The van der Waals surface area contributed by atoms with Crippen molar-refractivity contribution in [1.82, 2.24) is 0 Å². The quantitative estimate of drug-likeness (QED) is 0.794. The van der Waals surface area contributed by atoms with Crippen LogP contribution in [0.15, 0.2) is 53.4 Å². The van der Waals surface area contributed by atoms with Crippen LogP contribution in [0.25, 0.3) is 0 Å². The summed E-state index contributed by atoms with van der Waals surface area (Å²) in [6, 6.07) is 12.2. The standard InChI is InChI=1S/C15H11NO4S/c1-10-7-8-13-12(9-10)14(17)15(18)16(13)21(19,20)11-5-3-2-4-6-11/h2-9H,1H3. The van der Waals surface area contributed by atoms with E-state index in [0.717, 1.165) is 5.56 Å². The zero-order valence-electron chi connectivity index (χ0n) is 11.1. The minimum atomic E-state index is -4.08. The first-order chi connectivity index (χ1) is 9.93. The molecule has 0 radical (unpaired) electrons. The molecule has 0 fully saturated rings. The number of hydrogen-bond acceptors (Lipinski definition) is 4. The normalized spacial score (nSPS) is 14.4. The molecule has 2 aromatic carbocycles. The van der Waals surface area contributed by atoms with E-state index in [4.69, 9.17) is 0 Å². The minimum Gasteiger partial charge on any atom is -0.283 e. The summed E-state index contributed by atoms with van der Waals surface area (Å²) in [6.07, 6.45) is 0. The zero-order valence-corrected chi connectivity index (χ0v) is 11.9. The average molecular weight is 301 g/mol. The highest BCUT2D eigenvalue weighted by atomic mass is 32.2. The van der Waals surface area contributed by atoms with Crippen LogP contribution >= 0.6 is 0 Å². The van der Waals surface area contributed by atoms with E-state index in [9.17, 15) is 18.0 Å². The summed E-state index contributed by atoms with van der Waals surface area (Å²) in [7, 11) is -4.08. The van der Waals surface area contributed by atoms with Gasteiger partial charge in [0.15, 0.2) is 0 Å². The topological polar surface area (TPSA) is 71.5 Å². The molecule has 2 aromatic rings. The van der Waals surface area contributed by atoms with Gasteiger partial charge in [-0.1, -0.05) is 29.8 Å². The maximum atomic E-state index is 12.6. The lowest BCUT2D eigenvalue weighted by molar-refractivity contribution is -0.113. The highest BCUT2D eigenvalue weighted by molar-refractivity contribution is 7.93. The third-order valence-corrected chi connectivity index (χ3v) is 4.99. The van der Waals surface area contributed by atoms with Gasteiger partial charge in [-0.25, -0.2) is 8.42 Å². The number of carbonyl (C=O) groups excluding carboxylic acids is 2. The molecule has 0 aromatic heterocycles. The van der Waals surface area contributed by atoms with Gasteiger partial charge in [-0.05, 0) is 31.2 Å². The maximum absolute atomic E-state index is 12.6. The number of rotatable bonds is 2. The lowest BCUT2D eigenvalue weighted by atomic mass is 10.1. The number of nitrogens with zero attached hydrogens (tertiary/aromatic N) is 1. The van der Waals surface area contributed by atoms with Crippen LogP contribution in [0.1, 0.15) is 15.9 Å². The minimum absolute atomic E-state index is 0.0282. The lowest BCUT2D eigenvalue weighted by Crippen LogP contribution is -2.35. The Morgan fingerprint density at radius 2 is 1.62 bits per heavy atom. The van der Waals surface area contributed by atoms with Gasteiger partial charge in [0, 0.05) is 0 Å². The second-order valence-electron chi connectivity index (χ2n) is 4.74. The lowest BCUT2D eigenvalue weighted by Gasteiger charge is -2.16. The third kappa shape index (κ3) is 1.95. The third-order valence-electron chi connectivity index (χ3n) is 3.28. The van der Waals surface area contributed by atoms with Crippen LogP contribution in [0.4, 0.5) is 5.69 Å². The molecule has 0 saturated carbocycles. The Morgan fingerprint density at radius 3 is 2.29 bits per heavy atom. The molecule has 1 aliphatic heterocycles. The van der Waals surface area contributed by atoms with Crippen molar-refractivity contribution in [3.63, 3.8) is 0 Å². The highest BCUT2D eigenvalue weighted by Crippen LogP contribution is 2.34. The van der Waals surface area contributed by atoms with Crippen molar-refractivity contribution in [2.75, 3.05) is 4.31 Å². The Bertz CT molecular complexity index is 856. The van der Waals surface area contributed by atoms with Crippen LogP contribution in [0.3, 0.4) is 0 Å². The Hall–Kier alpha value is -2.47. The fourth-order valence-corrected chi connectivity index (χ4v) is 3.69. The van der Waals surface area contributed by atoms with Crippen LogP contribution in [0, 0.1) is 6.92 Å². The molecule has 1 heterocycles. The number of ketones is 1. The summed E-state index contributed by atoms with van der Waals surface area (Å²) in [6.45, 7) is 1.77. The maximum Gasteiger partial charge on any atom is 0.313 e. The van der Waals surface area contributed by atoms with Crippen LogP contribution in [0.5, 0.6) is 0 Å². The van der Waals surface area contributed by atoms with Crippen LogP contribution < -0.4 is 4.31 Å². The van der Waals surface area contributed by atoms with Crippen molar-refractivity contribution < 1.29 is 18.0 Å². The van der Waals surface area contributed by atoms with Gasteiger partial charge < -0.3 is 0 Å². The van der Waals surface area contributed by atoms with Gasteiger partial charge in [0.1, 0.15) is 0 Å². The fourth-order valence-electron chi connectivity index (χ4n) is 2.26. The first-order valence-electron chi connectivity index (χ1n) is 6.22. The predicted molar refractivity (Wildman–Crippen MR) is 76.6 cm³/mol. The van der Waals surface area contributed by atoms with E-state index in [1.165, 1.54) is 24.3 Å². The molecule has 0 atom stereocenters. The van der Waals surface area contributed by atoms with E-state index in [0.29, 0.717) is 4.31 Å². The Morgan fingerprint density at radius 1 is 0.952 bits per heavy atom. The van der Waals surface area contributed by atoms with Gasteiger partial charge in [0.25, 0.3) is 15.8 Å². The van der Waals surface area contributed by atoms with Crippen molar-refractivity contribution in [3.05, 3.63) is 59.7 Å². The number of sulfonamides is 1. The monoisotopic (exact) mass is 301 g/mol. The summed E-state index contributed by atoms with van der Waals surface area (Å²) in [4.78, 5) is 24.0. The van der Waals surface area contributed by atoms with Crippen molar-refractivity contribution >= 4 is 27.4 Å². The number of fused-ring (bicyclic) bond motifs is 1. The molecule has 0 aliphatic carbocycles. The molecule has 0 bridgehead atoms. The molecular weight excluding hydrogens is 290 g/mol. The molecule has 0 spiro atoms. The SMILES string of the molecule is Cc1ccc2c(c1)C(=O)C(=O)N2S(=O)(=O)c1ccccc1. The van der Waals surface area contributed by atoms with Crippen molar-refractivity contribution in [2.24, 2.45) is 0 Å². The van der Waals surface area contributed by atoms with Crippen LogP contribution in [-0.2, 0) is 14.8 Å². The summed E-state index contributed by atoms with van der Waals surface area (Å²) in [5.41, 5.74) is 1.02. The van der Waals surface area contributed by atoms with Gasteiger partial charge in [-0.15, -0.1) is 0 Å². The van der Waals surface area contributed by atoms with E-state index in [1.54, 1.807) is 31.2 Å². The van der Waals surface area contributed by atoms with Gasteiger partial charge in [-0.3, -0.25) is 9.59 Å². The molecule has 0 saturated heterocycles. The summed E-state index contributed by atoms with van der Waals surface area (Å²) in [5, 5.41) is 0. The predicted octanol–water partition coefficient (Wildman–Crippen LogP) is 1.91. The second-order valence-corrected chi connectivity index (χ2v) is 6.52. The van der Waals surface area contributed by atoms with Crippen LogP contribution in [0.2, 0.25) is 0 Å². The molecule has 0 N–H and O–H groups in total. The largest absolute Gasteiger partial charge is 0.313 e. The van der Waals surface area contributed by atoms with E-state index in [-0.39, 0.29) is 16.1 Å². The van der Waals surface area contributed by atoms with Gasteiger partial charge in [-0.2, -0.15) is 4.31 Å². The number of Topliss-reactive ketones (excluding diaryl/α,β-unsaturated/α-hetero) is 1. The molecule has 1 amide bonds. The van der Waals surface area contributed by atoms with E-state index >= 15 is 0 Å². The Labute approximate surface area is 121 Å². The molecule has 106 valence electrons. The van der Waals surface area contributed by atoms with Crippen LogP contribution in [-0.4, -0.2) is 20.1 Å². The number of carbonyl (C=O) groups is 2.